The average Bonchev–Trinajstić information content (AvgIpc) is 3.42. The standard InChI is InChI=1S/C24H30ClN7O/c1-14(2)20-22(28-15(3)27-20)21-19(25)12-26-24(30-21)29-17-8-6-16(7-9-17)23(33)32-11-10-18(13-32)31(4)5/h6-9,12,14,18H,10-11,13H2,1-5H3,(H,27,28)(H,26,29,30)/t18-/m0/s1. The second kappa shape index (κ2) is 9.49. The third kappa shape index (κ3) is 5.02. The first kappa shape index (κ1) is 23.2. The highest BCUT2D eigenvalue weighted by atomic mass is 35.5. The molecule has 0 spiro atoms. The maximum atomic E-state index is 12.9. The van der Waals surface area contributed by atoms with Crippen LogP contribution in [0.25, 0.3) is 11.4 Å². The fraction of sp³-hybridized carbons (Fsp3) is 0.417. The van der Waals surface area contributed by atoms with Gasteiger partial charge in [-0.2, -0.15) is 0 Å². The molecular weight excluding hydrogens is 438 g/mol. The van der Waals surface area contributed by atoms with Crippen molar-refractivity contribution in [3.8, 4) is 11.4 Å². The highest BCUT2D eigenvalue weighted by Crippen LogP contribution is 2.31. The van der Waals surface area contributed by atoms with Gasteiger partial charge < -0.3 is 20.1 Å². The first-order chi connectivity index (χ1) is 15.7. The van der Waals surface area contributed by atoms with Crippen molar-refractivity contribution in [2.75, 3.05) is 32.5 Å². The van der Waals surface area contributed by atoms with E-state index < -0.39 is 0 Å². The van der Waals surface area contributed by atoms with Crippen LogP contribution in [0.5, 0.6) is 0 Å². The summed E-state index contributed by atoms with van der Waals surface area (Å²) in [4.78, 5) is 33.8. The fourth-order valence-electron chi connectivity index (χ4n) is 4.06. The zero-order chi connectivity index (χ0) is 23.7. The number of anilines is 2. The number of aromatic amines is 1. The first-order valence-corrected chi connectivity index (χ1v) is 11.5. The molecule has 1 aliphatic heterocycles. The number of likely N-dealkylation sites (N-methyl/N-ethyl adjacent to an activating group) is 1. The number of nitrogens with one attached hydrogen (secondary N) is 2. The number of aryl methyl sites for hydroxylation is 1. The van der Waals surface area contributed by atoms with E-state index in [4.69, 9.17) is 11.6 Å². The van der Waals surface area contributed by atoms with Gasteiger partial charge in [0.2, 0.25) is 5.95 Å². The van der Waals surface area contributed by atoms with Gasteiger partial charge in [0.05, 0.1) is 11.2 Å². The number of carbonyl (C=O) groups excluding carboxylic acids is 1. The molecule has 0 saturated carbocycles. The summed E-state index contributed by atoms with van der Waals surface area (Å²) in [5, 5.41) is 3.65. The fourth-order valence-corrected chi connectivity index (χ4v) is 4.24. The molecule has 0 bridgehead atoms. The van der Waals surface area contributed by atoms with Gasteiger partial charge in [0.25, 0.3) is 5.91 Å². The Labute approximate surface area is 199 Å². The lowest BCUT2D eigenvalue weighted by molar-refractivity contribution is 0.0783. The molecule has 4 rings (SSSR count). The van der Waals surface area contributed by atoms with Gasteiger partial charge in [0, 0.05) is 36.1 Å². The molecular formula is C24H30ClN7O. The van der Waals surface area contributed by atoms with Crippen molar-refractivity contribution in [3.05, 3.63) is 52.6 Å². The first-order valence-electron chi connectivity index (χ1n) is 11.1. The third-order valence-electron chi connectivity index (χ3n) is 5.96. The predicted octanol–water partition coefficient (Wildman–Crippen LogP) is 4.47. The number of carbonyl (C=O) groups is 1. The lowest BCUT2D eigenvalue weighted by Crippen LogP contribution is -2.34. The molecule has 9 heteroatoms. The normalized spacial score (nSPS) is 16.1. The molecule has 1 fully saturated rings. The summed E-state index contributed by atoms with van der Waals surface area (Å²) in [6.45, 7) is 7.65. The summed E-state index contributed by atoms with van der Waals surface area (Å²) in [6.07, 6.45) is 2.58. The molecule has 33 heavy (non-hydrogen) atoms. The number of rotatable bonds is 6. The van der Waals surface area contributed by atoms with Crippen molar-refractivity contribution < 1.29 is 4.79 Å². The Hall–Kier alpha value is -2.97. The molecule has 0 unspecified atom stereocenters. The van der Waals surface area contributed by atoms with Crippen LogP contribution in [0.4, 0.5) is 11.6 Å². The molecule has 1 aromatic carbocycles. The minimum atomic E-state index is 0.0612. The van der Waals surface area contributed by atoms with Crippen LogP contribution < -0.4 is 5.32 Å². The van der Waals surface area contributed by atoms with E-state index in [2.05, 4.69) is 58.1 Å². The maximum Gasteiger partial charge on any atom is 0.253 e. The van der Waals surface area contributed by atoms with E-state index in [1.165, 1.54) is 0 Å². The van der Waals surface area contributed by atoms with Crippen molar-refractivity contribution in [2.45, 2.75) is 39.2 Å². The van der Waals surface area contributed by atoms with Crippen molar-refractivity contribution in [3.63, 3.8) is 0 Å². The highest BCUT2D eigenvalue weighted by Gasteiger charge is 2.28. The highest BCUT2D eigenvalue weighted by molar-refractivity contribution is 6.32. The van der Waals surface area contributed by atoms with Crippen molar-refractivity contribution >= 4 is 29.1 Å². The summed E-state index contributed by atoms with van der Waals surface area (Å²) in [6, 6.07) is 7.81. The molecule has 0 aliphatic carbocycles. The van der Waals surface area contributed by atoms with Crippen LogP contribution in [0.3, 0.4) is 0 Å². The zero-order valence-electron chi connectivity index (χ0n) is 19.7. The van der Waals surface area contributed by atoms with Crippen molar-refractivity contribution in [1.29, 1.82) is 0 Å². The molecule has 1 atom stereocenters. The molecule has 2 aromatic heterocycles. The van der Waals surface area contributed by atoms with Gasteiger partial charge in [-0.1, -0.05) is 25.4 Å². The Morgan fingerprint density at radius 1 is 1.21 bits per heavy atom. The molecule has 0 radical (unpaired) electrons. The topological polar surface area (TPSA) is 90.0 Å². The number of H-pyrrole nitrogens is 1. The molecule has 174 valence electrons. The number of imidazole rings is 1. The lowest BCUT2D eigenvalue weighted by Gasteiger charge is -2.20. The van der Waals surface area contributed by atoms with Gasteiger partial charge in [0.15, 0.2) is 0 Å². The summed E-state index contributed by atoms with van der Waals surface area (Å²) in [7, 11) is 4.11. The van der Waals surface area contributed by atoms with Crippen LogP contribution in [0.2, 0.25) is 5.02 Å². The summed E-state index contributed by atoms with van der Waals surface area (Å²) in [5.41, 5.74) is 3.76. The Morgan fingerprint density at radius 2 is 1.94 bits per heavy atom. The Morgan fingerprint density at radius 3 is 2.58 bits per heavy atom. The number of amides is 1. The number of hydrogen-bond donors (Lipinski definition) is 2. The van der Waals surface area contributed by atoms with Gasteiger partial charge in [-0.15, -0.1) is 0 Å². The number of nitrogens with zero attached hydrogens (tertiary/aromatic N) is 5. The number of aromatic nitrogens is 4. The van der Waals surface area contributed by atoms with Crippen LogP contribution in [-0.4, -0.2) is 68.9 Å². The largest absolute Gasteiger partial charge is 0.345 e. The molecule has 3 aromatic rings. The van der Waals surface area contributed by atoms with E-state index in [1.807, 2.05) is 36.1 Å². The lowest BCUT2D eigenvalue weighted by atomic mass is 10.1. The van der Waals surface area contributed by atoms with E-state index >= 15 is 0 Å². The third-order valence-corrected chi connectivity index (χ3v) is 6.24. The van der Waals surface area contributed by atoms with Crippen LogP contribution >= 0.6 is 11.6 Å². The number of halogens is 1. The van der Waals surface area contributed by atoms with E-state index in [0.717, 1.165) is 42.4 Å². The van der Waals surface area contributed by atoms with Crippen molar-refractivity contribution in [1.82, 2.24) is 29.7 Å². The van der Waals surface area contributed by atoms with Crippen LogP contribution in [0, 0.1) is 6.92 Å². The van der Waals surface area contributed by atoms with Crippen molar-refractivity contribution in [2.24, 2.45) is 0 Å². The molecule has 2 N–H and O–H groups in total. The molecule has 3 heterocycles. The van der Waals surface area contributed by atoms with Crippen LogP contribution in [-0.2, 0) is 0 Å². The minimum absolute atomic E-state index is 0.0612. The quantitative estimate of drug-likeness (QED) is 0.555. The Kier molecular flexibility index (Phi) is 6.67. The zero-order valence-corrected chi connectivity index (χ0v) is 20.4. The monoisotopic (exact) mass is 467 g/mol. The van der Waals surface area contributed by atoms with E-state index in [1.54, 1.807) is 6.20 Å². The van der Waals surface area contributed by atoms with Gasteiger partial charge >= 0.3 is 0 Å². The number of hydrogen-bond acceptors (Lipinski definition) is 6. The molecule has 8 nitrogen and oxygen atoms in total. The van der Waals surface area contributed by atoms with Gasteiger partial charge in [-0.05, 0) is 57.6 Å². The Balaban J connectivity index is 1.50. The number of likely N-dealkylation sites (tertiary alicyclic amines) is 1. The summed E-state index contributed by atoms with van der Waals surface area (Å²) in [5.74, 6) is 1.54. The van der Waals surface area contributed by atoms with E-state index in [-0.39, 0.29) is 11.8 Å². The minimum Gasteiger partial charge on any atom is -0.345 e. The molecule has 1 saturated heterocycles. The van der Waals surface area contributed by atoms with Gasteiger partial charge in [-0.3, -0.25) is 4.79 Å². The summed E-state index contributed by atoms with van der Waals surface area (Å²) < 4.78 is 0. The average molecular weight is 468 g/mol. The van der Waals surface area contributed by atoms with E-state index in [9.17, 15) is 4.79 Å². The second-order valence-corrected chi connectivity index (χ2v) is 9.40. The predicted molar refractivity (Wildman–Crippen MR) is 131 cm³/mol. The smallest absolute Gasteiger partial charge is 0.253 e. The van der Waals surface area contributed by atoms with Gasteiger partial charge in [0.1, 0.15) is 17.2 Å². The summed E-state index contributed by atoms with van der Waals surface area (Å²) >= 11 is 6.42. The van der Waals surface area contributed by atoms with Crippen LogP contribution in [0.15, 0.2) is 30.5 Å². The van der Waals surface area contributed by atoms with E-state index in [0.29, 0.717) is 28.3 Å². The second-order valence-electron chi connectivity index (χ2n) is 8.99. The Bertz CT molecular complexity index is 1140. The number of benzene rings is 1. The van der Waals surface area contributed by atoms with Crippen LogP contribution in [0.1, 0.15) is 48.1 Å². The molecule has 1 amide bonds. The van der Waals surface area contributed by atoms with Gasteiger partial charge in [-0.25, -0.2) is 15.0 Å². The SMILES string of the molecule is Cc1nc(-c2nc(Nc3ccc(C(=O)N4CC[C@H](N(C)C)C4)cc3)ncc2Cl)c(C(C)C)[nH]1. The maximum absolute atomic E-state index is 12.9. The molecule has 1 aliphatic rings.